The first kappa shape index (κ1) is 19.8. The molecule has 2 aromatic carbocycles. The molecule has 150 valence electrons. The molecule has 0 radical (unpaired) electrons. The number of piperidine rings is 1. The molecule has 3 rings (SSSR count). The number of nitrogens with zero attached hydrogens (tertiary/aromatic N) is 2. The van der Waals surface area contributed by atoms with E-state index in [0.29, 0.717) is 30.2 Å². The van der Waals surface area contributed by atoms with Crippen LogP contribution in [0.25, 0.3) is 0 Å². The van der Waals surface area contributed by atoms with Gasteiger partial charge in [-0.3, -0.25) is 10.1 Å². The summed E-state index contributed by atoms with van der Waals surface area (Å²) >= 11 is 0. The van der Waals surface area contributed by atoms with Crippen LogP contribution in [0.3, 0.4) is 0 Å². The lowest BCUT2D eigenvalue weighted by atomic mass is 10.1. The molecule has 0 atom stereocenters. The second kappa shape index (κ2) is 9.30. The number of nitrogens with one attached hydrogen (secondary N) is 1. The zero-order valence-electron chi connectivity index (χ0n) is 16.4. The third kappa shape index (κ3) is 4.65. The predicted octanol–water partition coefficient (Wildman–Crippen LogP) is 4.26. The Hall–Kier alpha value is -2.96. The third-order valence-electron chi connectivity index (χ3n) is 5.08. The van der Waals surface area contributed by atoms with Gasteiger partial charge in [0, 0.05) is 31.4 Å². The highest BCUT2D eigenvalue weighted by Crippen LogP contribution is 2.31. The summed E-state index contributed by atoms with van der Waals surface area (Å²) in [7, 11) is 3.21. The van der Waals surface area contributed by atoms with Crippen molar-refractivity contribution < 1.29 is 14.4 Å². The molecule has 0 spiro atoms. The van der Waals surface area contributed by atoms with Gasteiger partial charge in [-0.15, -0.1) is 0 Å². The number of hydrogen-bond acceptors (Lipinski definition) is 6. The summed E-state index contributed by atoms with van der Waals surface area (Å²) in [5.74, 6) is 1.36. The Labute approximate surface area is 165 Å². The molecule has 7 nitrogen and oxygen atoms in total. The normalized spacial score (nSPS) is 13.9. The summed E-state index contributed by atoms with van der Waals surface area (Å²) in [5, 5.41) is 14.7. The smallest absolute Gasteiger partial charge is 0.292 e. The SMILES string of the molecule is COc1ccc(CCNc2cc(N3CCCCC3)ccc2[N+](=O)[O-])cc1OC. The fourth-order valence-electron chi connectivity index (χ4n) is 3.55. The Kier molecular flexibility index (Phi) is 6.57. The van der Waals surface area contributed by atoms with Gasteiger partial charge in [-0.05, 0) is 55.5 Å². The second-order valence-corrected chi connectivity index (χ2v) is 6.87. The van der Waals surface area contributed by atoms with Crippen LogP contribution in [0.5, 0.6) is 11.5 Å². The highest BCUT2D eigenvalue weighted by Gasteiger charge is 2.18. The lowest BCUT2D eigenvalue weighted by Crippen LogP contribution is -2.29. The Bertz CT molecular complexity index is 819. The molecule has 0 unspecified atom stereocenters. The monoisotopic (exact) mass is 385 g/mol. The summed E-state index contributed by atoms with van der Waals surface area (Å²) in [6.45, 7) is 2.59. The molecule has 0 bridgehead atoms. The second-order valence-electron chi connectivity index (χ2n) is 6.87. The standard InChI is InChI=1S/C21H27N3O4/c1-27-20-9-6-16(14-21(20)28-2)10-11-22-18-15-17(7-8-19(18)24(25)26)23-12-4-3-5-13-23/h6-9,14-15,22H,3-5,10-13H2,1-2H3. The lowest BCUT2D eigenvalue weighted by molar-refractivity contribution is -0.383. The van der Waals surface area contributed by atoms with Crippen molar-refractivity contribution >= 4 is 17.1 Å². The van der Waals surface area contributed by atoms with Gasteiger partial charge >= 0.3 is 0 Å². The minimum atomic E-state index is -0.335. The summed E-state index contributed by atoms with van der Waals surface area (Å²) in [5.41, 5.74) is 2.78. The predicted molar refractivity (Wildman–Crippen MR) is 111 cm³/mol. The summed E-state index contributed by atoms with van der Waals surface area (Å²) in [6.07, 6.45) is 4.30. The minimum Gasteiger partial charge on any atom is -0.493 e. The number of nitro groups is 1. The lowest BCUT2D eigenvalue weighted by Gasteiger charge is -2.29. The molecule has 0 saturated carbocycles. The summed E-state index contributed by atoms with van der Waals surface area (Å²) in [6, 6.07) is 11.1. The molecule has 7 heteroatoms. The van der Waals surface area contributed by atoms with Crippen molar-refractivity contribution in [2.24, 2.45) is 0 Å². The van der Waals surface area contributed by atoms with Crippen LogP contribution in [0.15, 0.2) is 36.4 Å². The van der Waals surface area contributed by atoms with Crippen LogP contribution in [0.1, 0.15) is 24.8 Å². The van der Waals surface area contributed by atoms with Gasteiger partial charge in [0.05, 0.1) is 19.1 Å². The van der Waals surface area contributed by atoms with E-state index in [-0.39, 0.29) is 10.6 Å². The molecular formula is C21H27N3O4. The summed E-state index contributed by atoms with van der Waals surface area (Å²) < 4.78 is 10.6. The number of methoxy groups -OCH3 is 2. The average molecular weight is 385 g/mol. The van der Waals surface area contributed by atoms with Crippen molar-refractivity contribution in [1.29, 1.82) is 0 Å². The zero-order valence-corrected chi connectivity index (χ0v) is 16.4. The van der Waals surface area contributed by atoms with E-state index in [1.54, 1.807) is 20.3 Å². The van der Waals surface area contributed by atoms with Gasteiger partial charge in [-0.25, -0.2) is 0 Å². The molecule has 1 saturated heterocycles. The Balaban J connectivity index is 1.70. The van der Waals surface area contributed by atoms with Gasteiger partial charge in [0.2, 0.25) is 0 Å². The van der Waals surface area contributed by atoms with Crippen molar-refractivity contribution in [3.63, 3.8) is 0 Å². The number of hydrogen-bond donors (Lipinski definition) is 1. The van der Waals surface area contributed by atoms with E-state index in [0.717, 1.165) is 24.3 Å². The molecule has 1 aliphatic rings. The molecule has 0 aromatic heterocycles. The topological polar surface area (TPSA) is 76.9 Å². The van der Waals surface area contributed by atoms with Gasteiger partial charge in [0.15, 0.2) is 11.5 Å². The number of ether oxygens (including phenoxy) is 2. The highest BCUT2D eigenvalue weighted by atomic mass is 16.6. The molecular weight excluding hydrogens is 358 g/mol. The van der Waals surface area contributed by atoms with E-state index < -0.39 is 0 Å². The maximum atomic E-state index is 11.4. The van der Waals surface area contributed by atoms with Crippen LogP contribution in [-0.4, -0.2) is 38.8 Å². The van der Waals surface area contributed by atoms with Gasteiger partial charge in [-0.1, -0.05) is 6.07 Å². The molecule has 1 aliphatic heterocycles. The van der Waals surface area contributed by atoms with Gasteiger partial charge < -0.3 is 19.7 Å². The molecule has 1 fully saturated rings. The van der Waals surface area contributed by atoms with E-state index in [2.05, 4.69) is 10.2 Å². The number of rotatable bonds is 8. The van der Waals surface area contributed by atoms with Crippen molar-refractivity contribution in [2.75, 3.05) is 44.1 Å². The van der Waals surface area contributed by atoms with Crippen LogP contribution in [0.2, 0.25) is 0 Å². The molecule has 1 heterocycles. The number of benzene rings is 2. The molecule has 1 N–H and O–H groups in total. The summed E-state index contributed by atoms with van der Waals surface area (Å²) in [4.78, 5) is 13.4. The van der Waals surface area contributed by atoms with E-state index in [1.807, 2.05) is 30.3 Å². The first-order valence-electron chi connectivity index (χ1n) is 9.60. The van der Waals surface area contributed by atoms with Crippen LogP contribution in [0, 0.1) is 10.1 Å². The van der Waals surface area contributed by atoms with Crippen molar-refractivity contribution in [2.45, 2.75) is 25.7 Å². The first-order valence-corrected chi connectivity index (χ1v) is 9.60. The average Bonchev–Trinajstić information content (AvgIpc) is 2.74. The minimum absolute atomic E-state index is 0.105. The van der Waals surface area contributed by atoms with E-state index in [4.69, 9.17) is 9.47 Å². The fourth-order valence-corrected chi connectivity index (χ4v) is 3.55. The van der Waals surface area contributed by atoms with E-state index >= 15 is 0 Å². The zero-order chi connectivity index (χ0) is 19.9. The third-order valence-corrected chi connectivity index (χ3v) is 5.08. The van der Waals surface area contributed by atoms with Crippen LogP contribution in [0.4, 0.5) is 17.1 Å². The van der Waals surface area contributed by atoms with Crippen LogP contribution in [-0.2, 0) is 6.42 Å². The quantitative estimate of drug-likeness (QED) is 0.540. The Morgan fingerprint density at radius 2 is 1.79 bits per heavy atom. The van der Waals surface area contributed by atoms with Crippen molar-refractivity contribution in [1.82, 2.24) is 0 Å². The van der Waals surface area contributed by atoms with Crippen molar-refractivity contribution in [3.05, 3.63) is 52.1 Å². The van der Waals surface area contributed by atoms with Gasteiger partial charge in [-0.2, -0.15) is 0 Å². The Morgan fingerprint density at radius 1 is 1.04 bits per heavy atom. The number of nitro benzene ring substituents is 1. The van der Waals surface area contributed by atoms with Crippen LogP contribution < -0.4 is 19.7 Å². The maximum Gasteiger partial charge on any atom is 0.292 e. The van der Waals surface area contributed by atoms with E-state index in [1.165, 1.54) is 19.3 Å². The molecule has 0 aliphatic carbocycles. The molecule has 28 heavy (non-hydrogen) atoms. The maximum absolute atomic E-state index is 11.4. The van der Waals surface area contributed by atoms with Crippen molar-refractivity contribution in [3.8, 4) is 11.5 Å². The molecule has 2 aromatic rings. The highest BCUT2D eigenvalue weighted by molar-refractivity contribution is 5.69. The van der Waals surface area contributed by atoms with Gasteiger partial charge in [0.1, 0.15) is 5.69 Å². The largest absolute Gasteiger partial charge is 0.493 e. The van der Waals surface area contributed by atoms with E-state index in [9.17, 15) is 10.1 Å². The number of anilines is 2. The van der Waals surface area contributed by atoms with Crippen LogP contribution >= 0.6 is 0 Å². The molecule has 0 amide bonds. The fraction of sp³-hybridized carbons (Fsp3) is 0.429. The first-order chi connectivity index (χ1) is 13.6. The Morgan fingerprint density at radius 3 is 2.46 bits per heavy atom. The van der Waals surface area contributed by atoms with Gasteiger partial charge in [0.25, 0.3) is 5.69 Å².